The number of likely N-dealkylation sites (tertiary alicyclic amines) is 1. The summed E-state index contributed by atoms with van der Waals surface area (Å²) >= 11 is 0. The molecule has 2 atom stereocenters. The van der Waals surface area contributed by atoms with Crippen LogP contribution in [0.1, 0.15) is 13.3 Å². The van der Waals surface area contributed by atoms with Crippen LogP contribution in [0.4, 0.5) is 5.69 Å². The third kappa shape index (κ3) is 3.55. The average Bonchev–Trinajstić information content (AvgIpc) is 2.35. The predicted octanol–water partition coefficient (Wildman–Crippen LogP) is 1.29. The summed E-state index contributed by atoms with van der Waals surface area (Å²) in [6, 6.07) is 9.83. The second-order valence-corrected chi connectivity index (χ2v) is 5.08. The van der Waals surface area contributed by atoms with E-state index < -0.39 is 0 Å². The van der Waals surface area contributed by atoms with Gasteiger partial charge in [0.05, 0.1) is 6.54 Å². The van der Waals surface area contributed by atoms with Gasteiger partial charge in [-0.25, -0.2) is 0 Å². The van der Waals surface area contributed by atoms with E-state index in [1.165, 1.54) is 0 Å². The molecule has 1 saturated heterocycles. The number of nitrogens with two attached hydrogens (primary N) is 1. The Labute approximate surface area is 108 Å². The summed E-state index contributed by atoms with van der Waals surface area (Å²) in [5, 5.41) is 2.90. The van der Waals surface area contributed by atoms with Gasteiger partial charge in [-0.05, 0) is 24.5 Å². The number of hydrogen-bond acceptors (Lipinski definition) is 3. The molecule has 0 radical (unpaired) electrons. The summed E-state index contributed by atoms with van der Waals surface area (Å²) in [6.45, 7) is 4.41. The van der Waals surface area contributed by atoms with Crippen LogP contribution in [-0.4, -0.2) is 36.5 Å². The minimum Gasteiger partial charge on any atom is -0.327 e. The highest BCUT2D eigenvalue weighted by atomic mass is 16.2. The van der Waals surface area contributed by atoms with E-state index in [1.54, 1.807) is 0 Å². The van der Waals surface area contributed by atoms with Crippen LogP contribution in [0.25, 0.3) is 0 Å². The lowest BCUT2D eigenvalue weighted by Gasteiger charge is -2.34. The highest BCUT2D eigenvalue weighted by Crippen LogP contribution is 2.14. The van der Waals surface area contributed by atoms with Crippen molar-refractivity contribution in [3.63, 3.8) is 0 Å². The third-order valence-electron chi connectivity index (χ3n) is 3.48. The average molecular weight is 247 g/mol. The fourth-order valence-corrected chi connectivity index (χ4v) is 2.32. The van der Waals surface area contributed by atoms with E-state index in [0.717, 1.165) is 25.2 Å². The summed E-state index contributed by atoms with van der Waals surface area (Å²) < 4.78 is 0. The summed E-state index contributed by atoms with van der Waals surface area (Å²) in [5.41, 5.74) is 6.82. The van der Waals surface area contributed by atoms with Crippen LogP contribution in [0.2, 0.25) is 0 Å². The molecule has 0 bridgehead atoms. The monoisotopic (exact) mass is 247 g/mol. The van der Waals surface area contributed by atoms with Crippen molar-refractivity contribution in [3.8, 4) is 0 Å². The number of para-hydroxylation sites is 1. The second-order valence-electron chi connectivity index (χ2n) is 5.08. The molecule has 4 heteroatoms. The molecule has 98 valence electrons. The molecule has 3 N–H and O–H groups in total. The van der Waals surface area contributed by atoms with Gasteiger partial charge in [0.25, 0.3) is 0 Å². The maximum atomic E-state index is 11.9. The van der Waals surface area contributed by atoms with Crippen molar-refractivity contribution in [2.24, 2.45) is 11.7 Å². The second kappa shape index (κ2) is 5.98. The predicted molar refractivity (Wildman–Crippen MR) is 73.3 cm³/mol. The van der Waals surface area contributed by atoms with Crippen molar-refractivity contribution >= 4 is 11.6 Å². The number of hydrogen-bond donors (Lipinski definition) is 2. The summed E-state index contributed by atoms with van der Waals surface area (Å²) in [6.07, 6.45) is 0.972. The highest BCUT2D eigenvalue weighted by Gasteiger charge is 2.24. The lowest BCUT2D eigenvalue weighted by Crippen LogP contribution is -2.48. The first-order valence-corrected chi connectivity index (χ1v) is 6.48. The fraction of sp³-hybridized carbons (Fsp3) is 0.500. The van der Waals surface area contributed by atoms with Gasteiger partial charge in [-0.1, -0.05) is 25.1 Å². The lowest BCUT2D eigenvalue weighted by molar-refractivity contribution is -0.117. The molecule has 1 amide bonds. The zero-order valence-electron chi connectivity index (χ0n) is 10.8. The Morgan fingerprint density at radius 1 is 1.44 bits per heavy atom. The molecule has 2 rings (SSSR count). The maximum Gasteiger partial charge on any atom is 0.238 e. The van der Waals surface area contributed by atoms with Gasteiger partial charge >= 0.3 is 0 Å². The molecule has 1 aliphatic rings. The lowest BCUT2D eigenvalue weighted by atomic mass is 9.95. The van der Waals surface area contributed by atoms with E-state index in [9.17, 15) is 4.79 Å². The van der Waals surface area contributed by atoms with E-state index in [1.807, 2.05) is 30.3 Å². The van der Waals surface area contributed by atoms with Crippen LogP contribution in [0, 0.1) is 5.92 Å². The van der Waals surface area contributed by atoms with Crippen LogP contribution in [0.3, 0.4) is 0 Å². The van der Waals surface area contributed by atoms with Crippen molar-refractivity contribution < 1.29 is 4.79 Å². The Bertz CT molecular complexity index is 393. The molecule has 2 unspecified atom stereocenters. The number of anilines is 1. The van der Waals surface area contributed by atoms with Gasteiger partial charge in [-0.15, -0.1) is 0 Å². The van der Waals surface area contributed by atoms with Gasteiger partial charge in [0.2, 0.25) is 5.91 Å². The van der Waals surface area contributed by atoms with Crippen molar-refractivity contribution in [1.82, 2.24) is 4.90 Å². The SMILES string of the molecule is CC1CN(CC(=O)Nc2ccccc2)CCC1N. The fourth-order valence-electron chi connectivity index (χ4n) is 2.32. The Morgan fingerprint density at radius 2 is 2.17 bits per heavy atom. The highest BCUT2D eigenvalue weighted by molar-refractivity contribution is 5.92. The molecule has 0 saturated carbocycles. The number of piperidine rings is 1. The van der Waals surface area contributed by atoms with Crippen LogP contribution >= 0.6 is 0 Å². The molecule has 0 aliphatic carbocycles. The minimum atomic E-state index is 0.0453. The first kappa shape index (κ1) is 13.1. The van der Waals surface area contributed by atoms with Crippen LogP contribution in [-0.2, 0) is 4.79 Å². The van der Waals surface area contributed by atoms with Crippen molar-refractivity contribution in [1.29, 1.82) is 0 Å². The van der Waals surface area contributed by atoms with Crippen molar-refractivity contribution in [2.75, 3.05) is 25.0 Å². The Hall–Kier alpha value is -1.39. The molecule has 1 fully saturated rings. The van der Waals surface area contributed by atoms with Gasteiger partial charge < -0.3 is 11.1 Å². The smallest absolute Gasteiger partial charge is 0.238 e. The molecule has 0 aromatic heterocycles. The first-order chi connectivity index (χ1) is 8.65. The summed E-state index contributed by atoms with van der Waals surface area (Å²) in [7, 11) is 0. The molecule has 18 heavy (non-hydrogen) atoms. The number of carbonyl (C=O) groups excluding carboxylic acids is 1. The number of amides is 1. The number of rotatable bonds is 3. The summed E-state index contributed by atoms with van der Waals surface area (Å²) in [5.74, 6) is 0.507. The normalized spacial score (nSPS) is 24.8. The van der Waals surface area contributed by atoms with Gasteiger partial charge in [0.15, 0.2) is 0 Å². The molecule has 1 heterocycles. The van der Waals surface area contributed by atoms with Gasteiger partial charge in [0.1, 0.15) is 0 Å². The minimum absolute atomic E-state index is 0.0453. The van der Waals surface area contributed by atoms with E-state index >= 15 is 0 Å². The maximum absolute atomic E-state index is 11.9. The zero-order valence-corrected chi connectivity index (χ0v) is 10.8. The third-order valence-corrected chi connectivity index (χ3v) is 3.48. The molecule has 0 spiro atoms. The number of carbonyl (C=O) groups is 1. The Balaban J connectivity index is 1.81. The van der Waals surface area contributed by atoms with Gasteiger partial charge in [0, 0.05) is 24.8 Å². The summed E-state index contributed by atoms with van der Waals surface area (Å²) in [4.78, 5) is 14.1. The van der Waals surface area contributed by atoms with E-state index in [-0.39, 0.29) is 11.9 Å². The van der Waals surface area contributed by atoms with Crippen molar-refractivity contribution in [2.45, 2.75) is 19.4 Å². The molecule has 4 nitrogen and oxygen atoms in total. The van der Waals surface area contributed by atoms with Crippen molar-refractivity contribution in [3.05, 3.63) is 30.3 Å². The van der Waals surface area contributed by atoms with E-state index in [2.05, 4.69) is 17.1 Å². The largest absolute Gasteiger partial charge is 0.327 e. The molecule has 1 aliphatic heterocycles. The van der Waals surface area contributed by atoms with Gasteiger partial charge in [-0.3, -0.25) is 9.69 Å². The Morgan fingerprint density at radius 3 is 2.83 bits per heavy atom. The van der Waals surface area contributed by atoms with Gasteiger partial charge in [-0.2, -0.15) is 0 Å². The van der Waals surface area contributed by atoms with E-state index in [4.69, 9.17) is 5.73 Å². The van der Waals surface area contributed by atoms with Crippen LogP contribution in [0.15, 0.2) is 30.3 Å². The first-order valence-electron chi connectivity index (χ1n) is 6.48. The standard InChI is InChI=1S/C14H21N3O/c1-11-9-17(8-7-13(11)15)10-14(18)16-12-5-3-2-4-6-12/h2-6,11,13H,7-10,15H2,1H3,(H,16,18). The number of benzene rings is 1. The quantitative estimate of drug-likeness (QED) is 0.846. The molecule has 1 aromatic carbocycles. The van der Waals surface area contributed by atoms with Crippen LogP contribution in [0.5, 0.6) is 0 Å². The zero-order chi connectivity index (χ0) is 13.0. The Kier molecular flexibility index (Phi) is 4.33. The number of nitrogens with one attached hydrogen (secondary N) is 1. The topological polar surface area (TPSA) is 58.4 Å². The molecule has 1 aromatic rings. The molecular weight excluding hydrogens is 226 g/mol. The molecular formula is C14H21N3O. The van der Waals surface area contributed by atoms with Crippen LogP contribution < -0.4 is 11.1 Å². The van der Waals surface area contributed by atoms with E-state index in [0.29, 0.717) is 12.5 Å². The number of nitrogens with zero attached hydrogens (tertiary/aromatic N) is 1.